The molecule has 0 atom stereocenters. The van der Waals surface area contributed by atoms with Crippen LogP contribution in [0.1, 0.15) is 37.8 Å². The smallest absolute Gasteiger partial charge is 0.0518 e. The molecular weight excluding hydrogens is 224 g/mol. The number of hydrogen-bond donors (Lipinski definition) is 1. The molecule has 100 valence electrons. The lowest BCUT2D eigenvalue weighted by Gasteiger charge is -2.14. The highest BCUT2D eigenvalue weighted by atomic mass is 16.5. The SMILES string of the molecule is CC(C)OCCCCN1Cc2ccc(N)cc2C1. The van der Waals surface area contributed by atoms with E-state index in [2.05, 4.69) is 30.9 Å². The molecule has 0 radical (unpaired) electrons. The summed E-state index contributed by atoms with van der Waals surface area (Å²) < 4.78 is 5.55. The Balaban J connectivity index is 1.68. The number of hydrogen-bond acceptors (Lipinski definition) is 3. The van der Waals surface area contributed by atoms with E-state index < -0.39 is 0 Å². The molecule has 2 rings (SSSR count). The summed E-state index contributed by atoms with van der Waals surface area (Å²) in [5, 5.41) is 0. The van der Waals surface area contributed by atoms with Crippen molar-refractivity contribution in [2.45, 2.75) is 45.9 Å². The van der Waals surface area contributed by atoms with Gasteiger partial charge in [-0.3, -0.25) is 4.90 Å². The van der Waals surface area contributed by atoms with Crippen molar-refractivity contribution in [3.8, 4) is 0 Å². The van der Waals surface area contributed by atoms with Crippen LogP contribution in [0.4, 0.5) is 5.69 Å². The number of rotatable bonds is 6. The molecule has 0 aliphatic carbocycles. The van der Waals surface area contributed by atoms with Gasteiger partial charge in [0.2, 0.25) is 0 Å². The third kappa shape index (κ3) is 3.72. The van der Waals surface area contributed by atoms with E-state index in [1.807, 2.05) is 6.07 Å². The first-order valence-corrected chi connectivity index (χ1v) is 6.86. The van der Waals surface area contributed by atoms with Crippen LogP contribution in [-0.4, -0.2) is 24.2 Å². The molecule has 18 heavy (non-hydrogen) atoms. The lowest BCUT2D eigenvalue weighted by molar-refractivity contribution is 0.0741. The number of benzene rings is 1. The standard InChI is InChI=1S/C15H24N2O/c1-12(2)18-8-4-3-7-17-10-13-5-6-15(16)9-14(13)11-17/h5-6,9,12H,3-4,7-8,10-11,16H2,1-2H3. The van der Waals surface area contributed by atoms with E-state index in [4.69, 9.17) is 10.5 Å². The quantitative estimate of drug-likeness (QED) is 0.621. The highest BCUT2D eigenvalue weighted by molar-refractivity contribution is 5.46. The molecule has 0 amide bonds. The molecule has 3 nitrogen and oxygen atoms in total. The van der Waals surface area contributed by atoms with Crippen molar-refractivity contribution in [1.29, 1.82) is 0 Å². The van der Waals surface area contributed by atoms with Gasteiger partial charge in [-0.05, 0) is 56.5 Å². The molecule has 0 bridgehead atoms. The molecule has 3 heteroatoms. The number of anilines is 1. The van der Waals surface area contributed by atoms with Gasteiger partial charge in [0.25, 0.3) is 0 Å². The monoisotopic (exact) mass is 248 g/mol. The van der Waals surface area contributed by atoms with Crippen molar-refractivity contribution in [3.05, 3.63) is 29.3 Å². The van der Waals surface area contributed by atoms with E-state index in [9.17, 15) is 0 Å². The zero-order valence-corrected chi connectivity index (χ0v) is 11.5. The first-order valence-electron chi connectivity index (χ1n) is 6.86. The van der Waals surface area contributed by atoms with Crippen LogP contribution >= 0.6 is 0 Å². The molecule has 0 unspecified atom stereocenters. The van der Waals surface area contributed by atoms with Crippen molar-refractivity contribution in [1.82, 2.24) is 4.90 Å². The molecule has 2 N–H and O–H groups in total. The van der Waals surface area contributed by atoms with Crippen molar-refractivity contribution in [2.75, 3.05) is 18.9 Å². The fourth-order valence-corrected chi connectivity index (χ4v) is 2.40. The minimum Gasteiger partial charge on any atom is -0.399 e. The molecule has 0 fully saturated rings. The number of nitrogens with zero attached hydrogens (tertiary/aromatic N) is 1. The number of nitrogen functional groups attached to an aromatic ring is 1. The number of unbranched alkanes of at least 4 members (excludes halogenated alkanes) is 1. The van der Waals surface area contributed by atoms with Crippen molar-refractivity contribution < 1.29 is 4.74 Å². The van der Waals surface area contributed by atoms with Gasteiger partial charge in [0.1, 0.15) is 0 Å². The Hall–Kier alpha value is -1.06. The number of fused-ring (bicyclic) bond motifs is 1. The van der Waals surface area contributed by atoms with E-state index in [1.165, 1.54) is 17.5 Å². The molecule has 1 aromatic rings. The van der Waals surface area contributed by atoms with Crippen LogP contribution in [0.3, 0.4) is 0 Å². The Morgan fingerprint density at radius 2 is 2.00 bits per heavy atom. The van der Waals surface area contributed by atoms with Crippen LogP contribution in [0.25, 0.3) is 0 Å². The van der Waals surface area contributed by atoms with Gasteiger partial charge in [-0.1, -0.05) is 6.07 Å². The Kier molecular flexibility index (Phi) is 4.61. The van der Waals surface area contributed by atoms with Gasteiger partial charge in [-0.25, -0.2) is 0 Å². The first-order chi connectivity index (χ1) is 8.65. The average Bonchev–Trinajstić information content (AvgIpc) is 2.70. The fourth-order valence-electron chi connectivity index (χ4n) is 2.40. The summed E-state index contributed by atoms with van der Waals surface area (Å²) in [5.74, 6) is 0. The van der Waals surface area contributed by atoms with Crippen LogP contribution in [0.5, 0.6) is 0 Å². The Bertz CT molecular complexity index is 390. The summed E-state index contributed by atoms with van der Waals surface area (Å²) in [6, 6.07) is 6.27. The molecule has 0 saturated carbocycles. The third-order valence-corrected chi connectivity index (χ3v) is 3.34. The van der Waals surface area contributed by atoms with E-state index >= 15 is 0 Å². The second-order valence-electron chi connectivity index (χ2n) is 5.37. The summed E-state index contributed by atoms with van der Waals surface area (Å²) in [5.41, 5.74) is 9.51. The molecule has 0 saturated heterocycles. The van der Waals surface area contributed by atoms with Gasteiger partial charge < -0.3 is 10.5 Å². The van der Waals surface area contributed by atoms with Crippen LogP contribution in [0.2, 0.25) is 0 Å². The van der Waals surface area contributed by atoms with Crippen LogP contribution in [0.15, 0.2) is 18.2 Å². The maximum Gasteiger partial charge on any atom is 0.0518 e. The lowest BCUT2D eigenvalue weighted by Crippen LogP contribution is -2.18. The number of ether oxygens (including phenoxy) is 1. The van der Waals surface area contributed by atoms with Gasteiger partial charge in [0.05, 0.1) is 6.10 Å². The fraction of sp³-hybridized carbons (Fsp3) is 0.600. The van der Waals surface area contributed by atoms with Crippen molar-refractivity contribution in [2.24, 2.45) is 0 Å². The predicted molar refractivity (Wildman–Crippen MR) is 75.3 cm³/mol. The maximum atomic E-state index is 5.81. The molecule has 1 heterocycles. The van der Waals surface area contributed by atoms with E-state index in [0.717, 1.165) is 38.3 Å². The molecule has 1 aliphatic heterocycles. The van der Waals surface area contributed by atoms with Crippen molar-refractivity contribution in [3.63, 3.8) is 0 Å². The van der Waals surface area contributed by atoms with Gasteiger partial charge in [-0.2, -0.15) is 0 Å². The van der Waals surface area contributed by atoms with Crippen molar-refractivity contribution >= 4 is 5.69 Å². The summed E-state index contributed by atoms with van der Waals surface area (Å²) in [6.07, 6.45) is 2.70. The topological polar surface area (TPSA) is 38.5 Å². The third-order valence-electron chi connectivity index (χ3n) is 3.34. The zero-order chi connectivity index (χ0) is 13.0. The number of nitrogens with two attached hydrogens (primary N) is 1. The minimum absolute atomic E-state index is 0.351. The van der Waals surface area contributed by atoms with Gasteiger partial charge >= 0.3 is 0 Å². The van der Waals surface area contributed by atoms with E-state index in [1.54, 1.807) is 0 Å². The lowest BCUT2D eigenvalue weighted by atomic mass is 10.1. The van der Waals surface area contributed by atoms with Gasteiger partial charge in [-0.15, -0.1) is 0 Å². The van der Waals surface area contributed by atoms with Crippen LogP contribution in [-0.2, 0) is 17.8 Å². The van der Waals surface area contributed by atoms with E-state index in [-0.39, 0.29) is 0 Å². The summed E-state index contributed by atoms with van der Waals surface area (Å²) >= 11 is 0. The first kappa shape index (κ1) is 13.4. The second kappa shape index (κ2) is 6.21. The van der Waals surface area contributed by atoms with Crippen LogP contribution in [0, 0.1) is 0 Å². The Morgan fingerprint density at radius 1 is 1.22 bits per heavy atom. The van der Waals surface area contributed by atoms with Gasteiger partial charge in [0.15, 0.2) is 0 Å². The predicted octanol–water partition coefficient (Wildman–Crippen LogP) is 2.79. The Morgan fingerprint density at radius 3 is 2.78 bits per heavy atom. The highest BCUT2D eigenvalue weighted by Gasteiger charge is 2.17. The van der Waals surface area contributed by atoms with E-state index in [0.29, 0.717) is 6.10 Å². The summed E-state index contributed by atoms with van der Waals surface area (Å²) in [4.78, 5) is 2.49. The largest absolute Gasteiger partial charge is 0.399 e. The average molecular weight is 248 g/mol. The molecule has 1 aliphatic rings. The normalized spacial score (nSPS) is 15.3. The summed E-state index contributed by atoms with van der Waals surface area (Å²) in [7, 11) is 0. The molecular formula is C15H24N2O. The molecule has 0 spiro atoms. The second-order valence-corrected chi connectivity index (χ2v) is 5.37. The van der Waals surface area contributed by atoms with Crippen LogP contribution < -0.4 is 5.73 Å². The Labute approximate surface area is 110 Å². The zero-order valence-electron chi connectivity index (χ0n) is 11.5. The highest BCUT2D eigenvalue weighted by Crippen LogP contribution is 2.24. The minimum atomic E-state index is 0.351. The van der Waals surface area contributed by atoms with Gasteiger partial charge in [0, 0.05) is 25.4 Å². The molecule has 0 aromatic heterocycles. The maximum absolute atomic E-state index is 5.81. The molecule has 1 aromatic carbocycles. The summed E-state index contributed by atoms with van der Waals surface area (Å²) in [6.45, 7) is 8.32.